The van der Waals surface area contributed by atoms with E-state index < -0.39 is 11.9 Å². The van der Waals surface area contributed by atoms with Gasteiger partial charge in [0, 0.05) is 36.3 Å². The minimum absolute atomic E-state index is 0.0863. The Labute approximate surface area is 199 Å². The minimum atomic E-state index is -0.892. The van der Waals surface area contributed by atoms with Crippen LogP contribution in [0.15, 0.2) is 0 Å². The van der Waals surface area contributed by atoms with Crippen molar-refractivity contribution in [3.05, 3.63) is 22.5 Å². The first-order valence-electron chi connectivity index (χ1n) is 12.9. The van der Waals surface area contributed by atoms with Crippen molar-refractivity contribution in [1.29, 1.82) is 0 Å². The summed E-state index contributed by atoms with van der Waals surface area (Å²) in [5.74, 6) is -1.54. The van der Waals surface area contributed by atoms with E-state index in [1.54, 1.807) is 0 Å². The molecule has 33 heavy (non-hydrogen) atoms. The fourth-order valence-electron chi connectivity index (χ4n) is 4.66. The fraction of sp³-hybridized carbons (Fsp3) is 0.741. The van der Waals surface area contributed by atoms with E-state index in [4.69, 9.17) is 5.11 Å². The lowest BCUT2D eigenvalue weighted by atomic mass is 9.99. The molecule has 6 heteroatoms. The highest BCUT2D eigenvalue weighted by Crippen LogP contribution is 2.26. The quantitative estimate of drug-likeness (QED) is 0.162. The number of carboxylic acids is 2. The van der Waals surface area contributed by atoms with E-state index in [1.807, 2.05) is 18.4 Å². The first-order chi connectivity index (χ1) is 15.8. The molecule has 6 nitrogen and oxygen atoms in total. The number of carbonyl (C=O) groups excluding carboxylic acids is 1. The molecule has 1 aromatic heterocycles. The van der Waals surface area contributed by atoms with Gasteiger partial charge in [-0.05, 0) is 38.7 Å². The van der Waals surface area contributed by atoms with Gasteiger partial charge < -0.3 is 14.8 Å². The predicted molar refractivity (Wildman–Crippen MR) is 132 cm³/mol. The fourth-order valence-corrected chi connectivity index (χ4v) is 4.66. The number of hydrogen-bond donors (Lipinski definition) is 2. The number of ketones is 1. The number of nitrogens with zero attached hydrogens (tertiary/aromatic N) is 1. The number of rotatable bonds is 20. The second-order valence-electron chi connectivity index (χ2n) is 9.31. The predicted octanol–water partition coefficient (Wildman–Crippen LogP) is 6.87. The van der Waals surface area contributed by atoms with Gasteiger partial charge in [-0.1, -0.05) is 71.1 Å². The van der Waals surface area contributed by atoms with E-state index in [1.165, 1.54) is 44.9 Å². The van der Waals surface area contributed by atoms with Gasteiger partial charge in [0.2, 0.25) is 0 Å². The molecule has 0 atom stereocenters. The highest BCUT2D eigenvalue weighted by molar-refractivity contribution is 5.99. The number of Topliss-reactive ketones (excluding diaryl/α,β-unsaturated/α-hetero) is 1. The van der Waals surface area contributed by atoms with Crippen LogP contribution in [0, 0.1) is 13.8 Å². The van der Waals surface area contributed by atoms with Crippen LogP contribution in [0.5, 0.6) is 0 Å². The molecule has 188 valence electrons. The monoisotopic (exact) mass is 463 g/mol. The molecule has 1 aromatic rings. The zero-order valence-electron chi connectivity index (χ0n) is 21.1. The van der Waals surface area contributed by atoms with Crippen molar-refractivity contribution in [1.82, 2.24) is 4.57 Å². The Bertz CT molecular complexity index is 750. The van der Waals surface area contributed by atoms with Gasteiger partial charge in [-0.3, -0.25) is 14.4 Å². The molecule has 0 aliphatic carbocycles. The van der Waals surface area contributed by atoms with Crippen LogP contribution in [0.4, 0.5) is 0 Å². The summed E-state index contributed by atoms with van der Waals surface area (Å²) < 4.78 is 2.00. The number of hydrogen-bond acceptors (Lipinski definition) is 3. The highest BCUT2D eigenvalue weighted by atomic mass is 16.4. The van der Waals surface area contributed by atoms with Crippen LogP contribution in [-0.2, 0) is 22.6 Å². The van der Waals surface area contributed by atoms with E-state index >= 15 is 0 Å². The summed E-state index contributed by atoms with van der Waals surface area (Å²) in [5.41, 5.74) is 3.11. The van der Waals surface area contributed by atoms with Crippen molar-refractivity contribution in [2.75, 3.05) is 0 Å². The maximum Gasteiger partial charge on any atom is 0.309 e. The second kappa shape index (κ2) is 16.5. The van der Waals surface area contributed by atoms with Crippen LogP contribution in [0.2, 0.25) is 0 Å². The van der Waals surface area contributed by atoms with Crippen molar-refractivity contribution < 1.29 is 24.6 Å². The van der Waals surface area contributed by atoms with Crippen LogP contribution >= 0.6 is 0 Å². The van der Waals surface area contributed by atoms with Gasteiger partial charge in [0.15, 0.2) is 5.78 Å². The number of carboxylic acid groups (broad SMARTS) is 2. The maximum atomic E-state index is 13.0. The second-order valence-corrected chi connectivity index (χ2v) is 9.31. The molecular weight excluding hydrogens is 418 g/mol. The highest BCUT2D eigenvalue weighted by Gasteiger charge is 2.23. The lowest BCUT2D eigenvalue weighted by Crippen LogP contribution is -2.11. The molecule has 0 radical (unpaired) electrons. The smallest absolute Gasteiger partial charge is 0.309 e. The van der Waals surface area contributed by atoms with Gasteiger partial charge in [-0.2, -0.15) is 0 Å². The molecule has 0 aliphatic heterocycles. The summed E-state index contributed by atoms with van der Waals surface area (Å²) in [6.07, 6.45) is 14.7. The molecule has 0 spiro atoms. The zero-order valence-corrected chi connectivity index (χ0v) is 21.1. The topological polar surface area (TPSA) is 96.6 Å². The SMILES string of the molecule is CCCCCCCCCCCC(=O)c1c(C)c(CC(=O)O)n(CCCCCCC(=O)O)c1C. The Morgan fingerprint density at radius 2 is 1.21 bits per heavy atom. The average molecular weight is 464 g/mol. The van der Waals surface area contributed by atoms with E-state index in [2.05, 4.69) is 6.92 Å². The van der Waals surface area contributed by atoms with Crippen molar-refractivity contribution >= 4 is 17.7 Å². The normalized spacial score (nSPS) is 11.1. The molecule has 0 amide bonds. The van der Waals surface area contributed by atoms with Gasteiger partial charge in [0.25, 0.3) is 0 Å². The van der Waals surface area contributed by atoms with E-state index in [0.29, 0.717) is 24.9 Å². The largest absolute Gasteiger partial charge is 0.481 e. The van der Waals surface area contributed by atoms with Gasteiger partial charge in [0.1, 0.15) is 0 Å². The lowest BCUT2D eigenvalue weighted by molar-refractivity contribution is -0.137. The van der Waals surface area contributed by atoms with Crippen LogP contribution in [0.1, 0.15) is 131 Å². The number of carbonyl (C=O) groups is 3. The van der Waals surface area contributed by atoms with Crippen molar-refractivity contribution in [3.63, 3.8) is 0 Å². The van der Waals surface area contributed by atoms with E-state index in [-0.39, 0.29) is 18.6 Å². The van der Waals surface area contributed by atoms with Crippen LogP contribution in [-0.4, -0.2) is 32.5 Å². The summed E-state index contributed by atoms with van der Waals surface area (Å²) >= 11 is 0. The first-order valence-corrected chi connectivity index (χ1v) is 12.9. The standard InChI is InChI=1S/C27H45NO5/c1-4-5-6-7-8-9-10-11-14-17-24(29)27-21(2)23(20-26(32)33)28(22(27)3)19-16-13-12-15-18-25(30)31/h4-20H2,1-3H3,(H,30,31)(H,32,33). The Balaban J connectivity index is 2.61. The summed E-state index contributed by atoms with van der Waals surface area (Å²) in [6, 6.07) is 0. The third kappa shape index (κ3) is 11.0. The number of aliphatic carboxylic acids is 2. The van der Waals surface area contributed by atoms with Gasteiger partial charge >= 0.3 is 11.9 Å². The van der Waals surface area contributed by atoms with Gasteiger partial charge in [-0.25, -0.2) is 0 Å². The molecule has 1 rings (SSSR count). The van der Waals surface area contributed by atoms with Crippen LogP contribution in [0.25, 0.3) is 0 Å². The third-order valence-electron chi connectivity index (χ3n) is 6.53. The Kier molecular flexibility index (Phi) is 14.5. The molecule has 0 fully saturated rings. The Morgan fingerprint density at radius 1 is 0.697 bits per heavy atom. The van der Waals surface area contributed by atoms with Crippen LogP contribution < -0.4 is 0 Å². The molecule has 0 aliphatic rings. The molecule has 0 unspecified atom stereocenters. The Morgan fingerprint density at radius 3 is 1.76 bits per heavy atom. The number of unbranched alkanes of at least 4 members (excludes halogenated alkanes) is 11. The summed E-state index contributed by atoms with van der Waals surface area (Å²) in [7, 11) is 0. The lowest BCUT2D eigenvalue weighted by Gasteiger charge is -2.11. The first kappa shape index (κ1) is 28.9. The summed E-state index contributed by atoms with van der Waals surface area (Å²) in [4.78, 5) is 35.1. The zero-order chi connectivity index (χ0) is 24.6. The van der Waals surface area contributed by atoms with Crippen LogP contribution in [0.3, 0.4) is 0 Å². The summed E-state index contributed by atoms with van der Waals surface area (Å²) in [6.45, 7) is 6.68. The van der Waals surface area contributed by atoms with Gasteiger partial charge in [0.05, 0.1) is 6.42 Å². The minimum Gasteiger partial charge on any atom is -0.481 e. The van der Waals surface area contributed by atoms with E-state index in [0.717, 1.165) is 49.1 Å². The maximum absolute atomic E-state index is 13.0. The Hall–Kier alpha value is -2.11. The average Bonchev–Trinajstić information content (AvgIpc) is 2.98. The molecule has 0 aromatic carbocycles. The molecule has 0 saturated heterocycles. The number of aromatic nitrogens is 1. The van der Waals surface area contributed by atoms with Crippen molar-refractivity contribution in [3.8, 4) is 0 Å². The molecule has 2 N–H and O–H groups in total. The molecule has 0 saturated carbocycles. The van der Waals surface area contributed by atoms with Crippen molar-refractivity contribution in [2.24, 2.45) is 0 Å². The van der Waals surface area contributed by atoms with E-state index in [9.17, 15) is 19.5 Å². The van der Waals surface area contributed by atoms with Crippen molar-refractivity contribution in [2.45, 2.75) is 130 Å². The molecular formula is C27H45NO5. The third-order valence-corrected chi connectivity index (χ3v) is 6.53. The molecule has 0 bridgehead atoms. The molecule has 1 heterocycles. The van der Waals surface area contributed by atoms with Gasteiger partial charge in [-0.15, -0.1) is 0 Å². The summed E-state index contributed by atoms with van der Waals surface area (Å²) in [5, 5.41) is 18.1.